The average Bonchev–Trinajstić information content (AvgIpc) is 2.91. The Hall–Kier alpha value is -0.870. The molecule has 1 aromatic rings. The van der Waals surface area contributed by atoms with Gasteiger partial charge in [0.2, 0.25) is 0 Å². The van der Waals surface area contributed by atoms with Crippen molar-refractivity contribution < 1.29 is 4.74 Å². The van der Waals surface area contributed by atoms with E-state index in [4.69, 9.17) is 16.3 Å². The molecule has 1 fully saturated rings. The van der Waals surface area contributed by atoms with Crippen molar-refractivity contribution in [3.05, 3.63) is 17.0 Å². The number of halogens is 1. The van der Waals surface area contributed by atoms with Gasteiger partial charge in [-0.25, -0.2) is 9.97 Å². The predicted molar refractivity (Wildman–Crippen MR) is 63.5 cm³/mol. The molecule has 2 rings (SSSR count). The van der Waals surface area contributed by atoms with E-state index in [2.05, 4.69) is 22.2 Å². The fourth-order valence-corrected chi connectivity index (χ4v) is 1.87. The van der Waals surface area contributed by atoms with Gasteiger partial charge in [-0.2, -0.15) is 0 Å². The van der Waals surface area contributed by atoms with Crippen molar-refractivity contribution in [3.8, 4) is 0 Å². The molecule has 1 N–H and O–H groups in total. The third kappa shape index (κ3) is 3.06. The van der Waals surface area contributed by atoms with E-state index in [9.17, 15) is 0 Å². The van der Waals surface area contributed by atoms with Crippen molar-refractivity contribution >= 4 is 17.4 Å². The summed E-state index contributed by atoms with van der Waals surface area (Å²) >= 11 is 5.90. The first-order chi connectivity index (χ1) is 7.69. The number of anilines is 1. The summed E-state index contributed by atoms with van der Waals surface area (Å²) in [6.45, 7) is 3.60. The lowest BCUT2D eigenvalue weighted by Gasteiger charge is -2.07. The van der Waals surface area contributed by atoms with Crippen molar-refractivity contribution in [1.82, 2.24) is 9.97 Å². The molecule has 0 spiro atoms. The molecule has 2 unspecified atom stereocenters. The lowest BCUT2D eigenvalue weighted by atomic mass is 10.3. The molecule has 1 heterocycles. The summed E-state index contributed by atoms with van der Waals surface area (Å²) in [4.78, 5) is 8.39. The first kappa shape index (κ1) is 11.6. The number of hydrogen-bond acceptors (Lipinski definition) is 4. The van der Waals surface area contributed by atoms with Crippen molar-refractivity contribution in [3.63, 3.8) is 0 Å². The van der Waals surface area contributed by atoms with Crippen molar-refractivity contribution in [2.45, 2.75) is 20.0 Å². The number of nitrogens with one attached hydrogen (secondary N) is 1. The van der Waals surface area contributed by atoms with Crippen LogP contribution in [0.3, 0.4) is 0 Å². The number of hydrogen-bond donors (Lipinski definition) is 1. The predicted octanol–water partition coefficient (Wildman–Crippen LogP) is 2.34. The molecule has 1 saturated carbocycles. The van der Waals surface area contributed by atoms with Gasteiger partial charge in [-0.15, -0.1) is 0 Å². The number of ether oxygens (including phenoxy) is 1. The number of methoxy groups -OCH3 is 1. The van der Waals surface area contributed by atoms with E-state index in [0.29, 0.717) is 17.6 Å². The Morgan fingerprint density at radius 2 is 2.31 bits per heavy atom. The Kier molecular flexibility index (Phi) is 3.61. The van der Waals surface area contributed by atoms with Crippen LogP contribution in [-0.2, 0) is 11.3 Å². The summed E-state index contributed by atoms with van der Waals surface area (Å²) in [6.07, 6.45) is 1.30. The minimum absolute atomic E-state index is 0.384. The van der Waals surface area contributed by atoms with E-state index in [0.717, 1.165) is 24.2 Å². The smallest absolute Gasteiger partial charge is 0.158 e. The molecule has 0 radical (unpaired) electrons. The second-order valence-corrected chi connectivity index (χ2v) is 4.67. The third-order valence-electron chi connectivity index (χ3n) is 2.84. The Bertz CT molecular complexity index is 372. The van der Waals surface area contributed by atoms with Crippen LogP contribution in [0.1, 0.15) is 19.2 Å². The highest BCUT2D eigenvalue weighted by atomic mass is 35.5. The van der Waals surface area contributed by atoms with Crippen LogP contribution in [0.4, 0.5) is 5.82 Å². The highest BCUT2D eigenvalue weighted by Crippen LogP contribution is 2.37. The fraction of sp³-hybridized carbons (Fsp3) is 0.636. The van der Waals surface area contributed by atoms with Gasteiger partial charge in [0.25, 0.3) is 0 Å². The molecule has 0 saturated heterocycles. The normalized spacial score (nSPS) is 23.2. The van der Waals surface area contributed by atoms with E-state index in [-0.39, 0.29) is 0 Å². The SMILES string of the molecule is COCc1nc(Cl)cc(NCC2CC2C)n1. The molecule has 0 bridgehead atoms. The van der Waals surface area contributed by atoms with Gasteiger partial charge in [0.15, 0.2) is 5.82 Å². The number of aromatic nitrogens is 2. The third-order valence-corrected chi connectivity index (χ3v) is 3.03. The molecular formula is C11H16ClN3O. The topological polar surface area (TPSA) is 47.0 Å². The first-order valence-corrected chi connectivity index (χ1v) is 5.83. The number of rotatable bonds is 5. The Balaban J connectivity index is 1.96. The second-order valence-electron chi connectivity index (χ2n) is 4.28. The monoisotopic (exact) mass is 241 g/mol. The molecule has 2 atom stereocenters. The summed E-state index contributed by atoms with van der Waals surface area (Å²) in [5.41, 5.74) is 0. The van der Waals surface area contributed by atoms with E-state index < -0.39 is 0 Å². The van der Waals surface area contributed by atoms with E-state index in [1.807, 2.05) is 0 Å². The lowest BCUT2D eigenvalue weighted by molar-refractivity contribution is 0.178. The second kappa shape index (κ2) is 4.97. The van der Waals surface area contributed by atoms with Gasteiger partial charge in [-0.3, -0.25) is 0 Å². The summed E-state index contributed by atoms with van der Waals surface area (Å²) in [5, 5.41) is 3.74. The quantitative estimate of drug-likeness (QED) is 0.804. The van der Waals surface area contributed by atoms with Crippen LogP contribution in [0, 0.1) is 11.8 Å². The van der Waals surface area contributed by atoms with Crippen LogP contribution >= 0.6 is 11.6 Å². The highest BCUT2D eigenvalue weighted by molar-refractivity contribution is 6.29. The molecule has 1 aliphatic carbocycles. The molecule has 1 aliphatic rings. The molecule has 0 aliphatic heterocycles. The molecule has 0 aromatic carbocycles. The lowest BCUT2D eigenvalue weighted by Crippen LogP contribution is -2.08. The van der Waals surface area contributed by atoms with E-state index in [1.54, 1.807) is 13.2 Å². The molecule has 5 heteroatoms. The molecule has 1 aromatic heterocycles. The summed E-state index contributed by atoms with van der Waals surface area (Å²) in [5.74, 6) is 3.01. The van der Waals surface area contributed by atoms with E-state index >= 15 is 0 Å². The summed E-state index contributed by atoms with van der Waals surface area (Å²) in [6, 6.07) is 1.74. The maximum Gasteiger partial charge on any atom is 0.158 e. The Morgan fingerprint density at radius 3 is 2.94 bits per heavy atom. The maximum absolute atomic E-state index is 5.90. The zero-order chi connectivity index (χ0) is 11.5. The Labute approximate surface area is 100 Å². The summed E-state index contributed by atoms with van der Waals surface area (Å²) in [7, 11) is 1.61. The van der Waals surface area contributed by atoms with Gasteiger partial charge in [-0.1, -0.05) is 18.5 Å². The van der Waals surface area contributed by atoms with Gasteiger partial charge in [0.1, 0.15) is 17.6 Å². The first-order valence-electron chi connectivity index (χ1n) is 5.45. The van der Waals surface area contributed by atoms with Gasteiger partial charge in [0, 0.05) is 19.7 Å². The van der Waals surface area contributed by atoms with Crippen LogP contribution < -0.4 is 5.32 Å². The van der Waals surface area contributed by atoms with Crippen molar-refractivity contribution in [1.29, 1.82) is 0 Å². The zero-order valence-corrected chi connectivity index (χ0v) is 10.3. The van der Waals surface area contributed by atoms with Gasteiger partial charge in [-0.05, 0) is 18.3 Å². The van der Waals surface area contributed by atoms with Crippen molar-refractivity contribution in [2.24, 2.45) is 11.8 Å². The molecule has 88 valence electrons. The van der Waals surface area contributed by atoms with Gasteiger partial charge >= 0.3 is 0 Å². The van der Waals surface area contributed by atoms with Crippen molar-refractivity contribution in [2.75, 3.05) is 19.0 Å². The van der Waals surface area contributed by atoms with Crippen LogP contribution in [0.25, 0.3) is 0 Å². The van der Waals surface area contributed by atoms with Gasteiger partial charge < -0.3 is 10.1 Å². The highest BCUT2D eigenvalue weighted by Gasteiger charge is 2.31. The zero-order valence-electron chi connectivity index (χ0n) is 9.53. The number of nitrogens with zero attached hydrogens (tertiary/aromatic N) is 2. The summed E-state index contributed by atoms with van der Waals surface area (Å²) < 4.78 is 4.98. The van der Waals surface area contributed by atoms with Crippen LogP contribution in [0.2, 0.25) is 5.15 Å². The van der Waals surface area contributed by atoms with Crippen LogP contribution in [0.15, 0.2) is 6.07 Å². The average molecular weight is 242 g/mol. The standard InChI is InChI=1S/C11H16ClN3O/c1-7-3-8(7)5-13-10-4-9(12)14-11(15-10)6-16-2/h4,7-8H,3,5-6H2,1-2H3,(H,13,14,15). The van der Waals surface area contributed by atoms with Crippen LogP contribution in [-0.4, -0.2) is 23.6 Å². The van der Waals surface area contributed by atoms with E-state index in [1.165, 1.54) is 6.42 Å². The fourth-order valence-electron chi connectivity index (χ4n) is 1.67. The largest absolute Gasteiger partial charge is 0.377 e. The maximum atomic E-state index is 5.90. The Morgan fingerprint density at radius 1 is 1.56 bits per heavy atom. The van der Waals surface area contributed by atoms with Crippen LogP contribution in [0.5, 0.6) is 0 Å². The van der Waals surface area contributed by atoms with Gasteiger partial charge in [0.05, 0.1) is 0 Å². The molecule has 16 heavy (non-hydrogen) atoms. The minimum atomic E-state index is 0.384. The minimum Gasteiger partial charge on any atom is -0.377 e. The molecule has 4 nitrogen and oxygen atoms in total. The molecule has 0 amide bonds. The molecular weight excluding hydrogens is 226 g/mol.